The summed E-state index contributed by atoms with van der Waals surface area (Å²) in [4.78, 5) is 11.4. The van der Waals surface area contributed by atoms with E-state index in [-0.39, 0.29) is 17.9 Å². The highest BCUT2D eigenvalue weighted by atomic mass is 32.2. The Bertz CT molecular complexity index is 1290. The molecule has 33 heavy (non-hydrogen) atoms. The van der Waals surface area contributed by atoms with Gasteiger partial charge in [-0.15, -0.1) is 0 Å². The summed E-state index contributed by atoms with van der Waals surface area (Å²) < 4.78 is 43.8. The van der Waals surface area contributed by atoms with Gasteiger partial charge in [-0.25, -0.2) is 12.8 Å². The van der Waals surface area contributed by atoms with Crippen LogP contribution in [0.1, 0.15) is 31.5 Å². The van der Waals surface area contributed by atoms with Gasteiger partial charge in [-0.1, -0.05) is 18.2 Å². The molecule has 0 saturated carbocycles. The summed E-state index contributed by atoms with van der Waals surface area (Å²) in [6.45, 7) is 3.29. The molecular formula is C24H27FN2O5S. The number of carboxylic acid groups (broad SMARTS) is 1. The lowest BCUT2D eigenvalue weighted by molar-refractivity contribution is -0.136. The highest BCUT2D eigenvalue weighted by molar-refractivity contribution is 7.89. The third-order valence-electron chi connectivity index (χ3n) is 6.00. The molecule has 0 aliphatic carbocycles. The van der Waals surface area contributed by atoms with Crippen molar-refractivity contribution in [2.45, 2.75) is 56.2 Å². The standard InChI is InChI=1S/C24H27FN2O5S/c1-24(2,30)15-27(33(31,32)18-10-7-16(25)8-11-18)17-9-12-22-20(13-23(28)29)19-5-3-4-6-21(19)26(22)14-17/h3-8,10-11,17,30H,9,12-15H2,1-2H3,(H,28,29). The van der Waals surface area contributed by atoms with E-state index in [4.69, 9.17) is 0 Å². The largest absolute Gasteiger partial charge is 0.481 e. The quantitative estimate of drug-likeness (QED) is 0.548. The molecule has 0 amide bonds. The Morgan fingerprint density at radius 1 is 1.18 bits per heavy atom. The minimum absolute atomic E-state index is 0.0390. The molecule has 0 fully saturated rings. The SMILES string of the molecule is CC(C)(O)CN(C1CCc2c(CC(=O)O)c3ccccc3n2C1)S(=O)(=O)c1ccc(F)cc1. The molecule has 0 bridgehead atoms. The number of rotatable bonds is 7. The zero-order valence-corrected chi connectivity index (χ0v) is 19.3. The van der Waals surface area contributed by atoms with Crippen LogP contribution in [0.25, 0.3) is 10.9 Å². The Morgan fingerprint density at radius 3 is 2.48 bits per heavy atom. The van der Waals surface area contributed by atoms with Crippen LogP contribution >= 0.6 is 0 Å². The smallest absolute Gasteiger partial charge is 0.307 e. The van der Waals surface area contributed by atoms with E-state index in [1.807, 2.05) is 28.8 Å². The van der Waals surface area contributed by atoms with Crippen molar-refractivity contribution >= 4 is 26.9 Å². The molecule has 2 aromatic carbocycles. The average molecular weight is 475 g/mol. The van der Waals surface area contributed by atoms with Crippen LogP contribution in [-0.4, -0.2) is 51.7 Å². The lowest BCUT2D eigenvalue weighted by Crippen LogP contribution is -2.50. The van der Waals surface area contributed by atoms with Crippen molar-refractivity contribution in [3.63, 3.8) is 0 Å². The van der Waals surface area contributed by atoms with Crippen LogP contribution in [0.4, 0.5) is 4.39 Å². The molecule has 1 aliphatic heterocycles. The van der Waals surface area contributed by atoms with Gasteiger partial charge in [0.1, 0.15) is 5.82 Å². The zero-order chi connectivity index (χ0) is 24.0. The van der Waals surface area contributed by atoms with Crippen LogP contribution in [0.2, 0.25) is 0 Å². The topological polar surface area (TPSA) is 99.8 Å². The number of para-hydroxylation sites is 1. The molecule has 4 rings (SSSR count). The minimum Gasteiger partial charge on any atom is -0.481 e. The Kier molecular flexibility index (Phi) is 6.07. The maximum absolute atomic E-state index is 13.6. The van der Waals surface area contributed by atoms with Crippen molar-refractivity contribution in [3.8, 4) is 0 Å². The summed E-state index contributed by atoms with van der Waals surface area (Å²) in [5.74, 6) is -1.45. The number of hydrogen-bond acceptors (Lipinski definition) is 4. The van der Waals surface area contributed by atoms with E-state index in [0.29, 0.717) is 19.4 Å². The van der Waals surface area contributed by atoms with E-state index in [0.717, 1.165) is 34.3 Å². The fraction of sp³-hybridized carbons (Fsp3) is 0.375. The summed E-state index contributed by atoms with van der Waals surface area (Å²) in [5, 5.41) is 20.8. The van der Waals surface area contributed by atoms with Crippen molar-refractivity contribution in [1.82, 2.24) is 8.87 Å². The zero-order valence-electron chi connectivity index (χ0n) is 18.5. The maximum atomic E-state index is 13.6. The van der Waals surface area contributed by atoms with Crippen molar-refractivity contribution in [2.24, 2.45) is 0 Å². The number of carbonyl (C=O) groups is 1. The molecule has 9 heteroatoms. The highest BCUT2D eigenvalue weighted by Crippen LogP contribution is 2.34. The summed E-state index contributed by atoms with van der Waals surface area (Å²) in [6.07, 6.45) is 0.872. The first kappa shape index (κ1) is 23.4. The second-order valence-electron chi connectivity index (χ2n) is 9.13. The van der Waals surface area contributed by atoms with Gasteiger partial charge < -0.3 is 14.8 Å². The van der Waals surface area contributed by atoms with Crippen LogP contribution in [0, 0.1) is 5.82 Å². The summed E-state index contributed by atoms with van der Waals surface area (Å²) in [6, 6.07) is 11.7. The van der Waals surface area contributed by atoms with Gasteiger partial charge in [-0.05, 0) is 62.6 Å². The van der Waals surface area contributed by atoms with E-state index in [1.54, 1.807) is 13.8 Å². The van der Waals surface area contributed by atoms with Gasteiger partial charge in [-0.3, -0.25) is 4.79 Å². The molecule has 176 valence electrons. The van der Waals surface area contributed by atoms with E-state index in [9.17, 15) is 27.8 Å². The number of aliphatic carboxylic acids is 1. The molecular weight excluding hydrogens is 447 g/mol. The first-order valence-corrected chi connectivity index (χ1v) is 12.2. The van der Waals surface area contributed by atoms with Crippen molar-refractivity contribution in [1.29, 1.82) is 0 Å². The monoisotopic (exact) mass is 474 g/mol. The molecule has 2 heterocycles. The molecule has 1 atom stereocenters. The number of benzene rings is 2. The van der Waals surface area contributed by atoms with Crippen molar-refractivity contribution in [2.75, 3.05) is 6.54 Å². The van der Waals surface area contributed by atoms with Crippen LogP contribution in [0.15, 0.2) is 53.4 Å². The van der Waals surface area contributed by atoms with E-state index >= 15 is 0 Å². The first-order chi connectivity index (χ1) is 15.5. The van der Waals surface area contributed by atoms with Gasteiger partial charge in [0.25, 0.3) is 0 Å². The number of fused-ring (bicyclic) bond motifs is 3. The van der Waals surface area contributed by atoms with Gasteiger partial charge in [0.15, 0.2) is 0 Å². The van der Waals surface area contributed by atoms with Gasteiger partial charge in [-0.2, -0.15) is 4.31 Å². The predicted octanol–water partition coefficient (Wildman–Crippen LogP) is 3.18. The van der Waals surface area contributed by atoms with Crippen LogP contribution in [-0.2, 0) is 34.2 Å². The lowest BCUT2D eigenvalue weighted by Gasteiger charge is -2.37. The van der Waals surface area contributed by atoms with Gasteiger partial charge in [0.05, 0.1) is 16.9 Å². The van der Waals surface area contributed by atoms with E-state index in [2.05, 4.69) is 0 Å². The third kappa shape index (κ3) is 4.66. The van der Waals surface area contributed by atoms with E-state index in [1.165, 1.54) is 16.4 Å². The summed E-state index contributed by atoms with van der Waals surface area (Å²) in [5.41, 5.74) is 1.22. The fourth-order valence-electron chi connectivity index (χ4n) is 4.64. The van der Waals surface area contributed by atoms with Crippen LogP contribution in [0.3, 0.4) is 0 Å². The average Bonchev–Trinajstić information content (AvgIpc) is 3.04. The molecule has 0 saturated heterocycles. The molecule has 1 aromatic heterocycles. The molecule has 3 aromatic rings. The number of aromatic nitrogens is 1. The Morgan fingerprint density at radius 2 is 1.85 bits per heavy atom. The lowest BCUT2D eigenvalue weighted by atomic mass is 9.99. The fourth-order valence-corrected chi connectivity index (χ4v) is 6.45. The van der Waals surface area contributed by atoms with Crippen molar-refractivity contribution in [3.05, 3.63) is 65.6 Å². The summed E-state index contributed by atoms with van der Waals surface area (Å²) >= 11 is 0. The summed E-state index contributed by atoms with van der Waals surface area (Å²) in [7, 11) is -4.02. The van der Waals surface area contributed by atoms with Gasteiger partial charge in [0, 0.05) is 35.7 Å². The van der Waals surface area contributed by atoms with E-state index < -0.39 is 33.5 Å². The van der Waals surface area contributed by atoms with Crippen molar-refractivity contribution < 1.29 is 27.8 Å². The second kappa shape index (κ2) is 8.55. The maximum Gasteiger partial charge on any atom is 0.307 e. The highest BCUT2D eigenvalue weighted by Gasteiger charge is 2.38. The van der Waals surface area contributed by atoms with Gasteiger partial charge in [0.2, 0.25) is 10.0 Å². The molecule has 7 nitrogen and oxygen atoms in total. The number of halogens is 1. The molecule has 2 N–H and O–H groups in total. The molecule has 0 spiro atoms. The Labute approximate surface area is 192 Å². The molecule has 1 aliphatic rings. The van der Waals surface area contributed by atoms with Crippen LogP contribution < -0.4 is 0 Å². The van der Waals surface area contributed by atoms with Gasteiger partial charge >= 0.3 is 5.97 Å². The Hall–Kier alpha value is -2.75. The number of hydrogen-bond donors (Lipinski definition) is 2. The third-order valence-corrected chi connectivity index (χ3v) is 7.91. The minimum atomic E-state index is -4.02. The number of sulfonamides is 1. The second-order valence-corrected chi connectivity index (χ2v) is 11.0. The number of aliphatic hydroxyl groups is 1. The predicted molar refractivity (Wildman–Crippen MR) is 122 cm³/mol. The molecule has 0 radical (unpaired) electrons. The Balaban J connectivity index is 1.77. The molecule has 1 unspecified atom stereocenters. The number of nitrogens with zero attached hydrogens (tertiary/aromatic N) is 2. The normalized spacial score (nSPS) is 16.8. The van der Waals surface area contributed by atoms with Crippen LogP contribution in [0.5, 0.6) is 0 Å². The first-order valence-electron chi connectivity index (χ1n) is 10.8. The number of carboxylic acids is 1.